The molecule has 1 aromatic carbocycles. The monoisotopic (exact) mass is 360 g/mol. The van der Waals surface area contributed by atoms with Gasteiger partial charge in [-0.1, -0.05) is 12.1 Å². The minimum Gasteiger partial charge on any atom is -0.481 e. The molecule has 1 aromatic heterocycles. The number of hydrogen-bond donors (Lipinski definition) is 0. The summed E-state index contributed by atoms with van der Waals surface area (Å²) in [6.07, 6.45) is 0. The first-order chi connectivity index (χ1) is 12.7. The third kappa shape index (κ3) is 4.38. The van der Waals surface area contributed by atoms with E-state index in [0.29, 0.717) is 38.7 Å². The molecule has 26 heavy (non-hydrogen) atoms. The van der Waals surface area contributed by atoms with Crippen LogP contribution >= 0.6 is 0 Å². The van der Waals surface area contributed by atoms with Crippen LogP contribution in [0.15, 0.2) is 36.4 Å². The topological polar surface area (TPSA) is 67.8 Å². The van der Waals surface area contributed by atoms with Gasteiger partial charge in [-0.3, -0.25) is 4.79 Å². The van der Waals surface area contributed by atoms with Crippen molar-refractivity contribution in [1.29, 1.82) is 0 Å². The molecule has 1 aliphatic heterocycles. The smallest absolute Gasteiger partial charge is 0.260 e. The maximum atomic E-state index is 13.5. The van der Waals surface area contributed by atoms with Crippen LogP contribution in [0.3, 0.4) is 0 Å². The van der Waals surface area contributed by atoms with Gasteiger partial charge in [0, 0.05) is 32.2 Å². The average Bonchev–Trinajstić information content (AvgIpc) is 2.68. The van der Waals surface area contributed by atoms with E-state index in [1.807, 2.05) is 13.0 Å². The number of para-hydroxylation sites is 1. The molecule has 2 aromatic rings. The first kappa shape index (κ1) is 17.9. The van der Waals surface area contributed by atoms with Crippen LogP contribution < -0.4 is 14.4 Å². The van der Waals surface area contributed by atoms with Crippen LogP contribution in [-0.4, -0.2) is 60.4 Å². The first-order valence-corrected chi connectivity index (χ1v) is 8.54. The summed E-state index contributed by atoms with van der Waals surface area (Å²) in [5.74, 6) is 0.701. The highest BCUT2D eigenvalue weighted by atomic mass is 19.1. The van der Waals surface area contributed by atoms with Gasteiger partial charge >= 0.3 is 0 Å². The Morgan fingerprint density at radius 2 is 1.85 bits per heavy atom. The molecule has 1 fully saturated rings. The van der Waals surface area contributed by atoms with Crippen molar-refractivity contribution < 1.29 is 18.7 Å². The molecule has 1 saturated heterocycles. The zero-order chi connectivity index (χ0) is 18.4. The zero-order valence-electron chi connectivity index (χ0n) is 14.6. The minimum atomic E-state index is -0.473. The summed E-state index contributed by atoms with van der Waals surface area (Å²) < 4.78 is 24.1. The summed E-state index contributed by atoms with van der Waals surface area (Å²) in [6, 6.07) is 9.69. The molecule has 0 aliphatic carbocycles. The van der Waals surface area contributed by atoms with E-state index < -0.39 is 5.82 Å². The molecule has 138 valence electrons. The van der Waals surface area contributed by atoms with Gasteiger partial charge in [-0.2, -0.15) is 0 Å². The molecule has 7 nitrogen and oxygen atoms in total. The Morgan fingerprint density at radius 1 is 1.08 bits per heavy atom. The highest BCUT2D eigenvalue weighted by molar-refractivity contribution is 5.78. The van der Waals surface area contributed by atoms with Gasteiger partial charge in [-0.25, -0.2) is 4.39 Å². The summed E-state index contributed by atoms with van der Waals surface area (Å²) in [7, 11) is 0. The van der Waals surface area contributed by atoms with Gasteiger partial charge < -0.3 is 19.3 Å². The van der Waals surface area contributed by atoms with E-state index in [-0.39, 0.29) is 18.3 Å². The molecule has 0 unspecified atom stereocenters. The number of rotatable bonds is 6. The number of halogens is 1. The maximum absolute atomic E-state index is 13.5. The molecule has 0 N–H and O–H groups in total. The normalized spacial score (nSPS) is 14.2. The van der Waals surface area contributed by atoms with E-state index in [2.05, 4.69) is 15.1 Å². The van der Waals surface area contributed by atoms with Gasteiger partial charge in [0.05, 0.1) is 6.61 Å². The minimum absolute atomic E-state index is 0.0872. The number of piperazine rings is 1. The van der Waals surface area contributed by atoms with Gasteiger partial charge in [0.25, 0.3) is 5.91 Å². The predicted molar refractivity (Wildman–Crippen MR) is 93.9 cm³/mol. The lowest BCUT2D eigenvalue weighted by Gasteiger charge is -2.35. The van der Waals surface area contributed by atoms with E-state index in [9.17, 15) is 9.18 Å². The zero-order valence-corrected chi connectivity index (χ0v) is 14.6. The van der Waals surface area contributed by atoms with Crippen LogP contribution in [0.1, 0.15) is 6.92 Å². The van der Waals surface area contributed by atoms with Crippen molar-refractivity contribution in [2.24, 2.45) is 0 Å². The van der Waals surface area contributed by atoms with Gasteiger partial charge in [0.15, 0.2) is 24.0 Å². The Bertz CT molecular complexity index is 733. The van der Waals surface area contributed by atoms with Crippen molar-refractivity contribution in [3.63, 3.8) is 0 Å². The molecular weight excluding hydrogens is 339 g/mol. The number of anilines is 1. The molecule has 1 aliphatic rings. The molecule has 1 amide bonds. The number of aromatic nitrogens is 2. The van der Waals surface area contributed by atoms with Crippen LogP contribution in [0, 0.1) is 5.82 Å². The van der Waals surface area contributed by atoms with Crippen molar-refractivity contribution in [2.45, 2.75) is 6.92 Å². The number of carbonyl (C=O) groups is 1. The lowest BCUT2D eigenvalue weighted by molar-refractivity contribution is -0.133. The van der Waals surface area contributed by atoms with E-state index in [1.165, 1.54) is 12.1 Å². The number of amides is 1. The van der Waals surface area contributed by atoms with E-state index in [1.54, 1.807) is 23.1 Å². The number of ether oxygens (including phenoxy) is 2. The Labute approximate surface area is 151 Å². The highest BCUT2D eigenvalue weighted by Gasteiger charge is 2.22. The third-order valence-corrected chi connectivity index (χ3v) is 4.06. The second kappa shape index (κ2) is 8.46. The SMILES string of the molecule is CCOc1ccc(N2CCN(C(=O)COc3ccccc3F)CC2)nn1. The van der Waals surface area contributed by atoms with Gasteiger partial charge in [0.1, 0.15) is 0 Å². The summed E-state index contributed by atoms with van der Waals surface area (Å²) in [5.41, 5.74) is 0. The van der Waals surface area contributed by atoms with Gasteiger partial charge in [-0.05, 0) is 25.1 Å². The molecule has 2 heterocycles. The summed E-state index contributed by atoms with van der Waals surface area (Å²) in [4.78, 5) is 16.0. The van der Waals surface area contributed by atoms with E-state index in [4.69, 9.17) is 9.47 Å². The van der Waals surface area contributed by atoms with Crippen LogP contribution in [0.2, 0.25) is 0 Å². The lowest BCUT2D eigenvalue weighted by Crippen LogP contribution is -2.50. The Kier molecular flexibility index (Phi) is 5.83. The van der Waals surface area contributed by atoms with Crippen LogP contribution in [0.25, 0.3) is 0 Å². The highest BCUT2D eigenvalue weighted by Crippen LogP contribution is 2.17. The molecule has 0 saturated carbocycles. The Morgan fingerprint density at radius 3 is 2.50 bits per heavy atom. The van der Waals surface area contributed by atoms with E-state index in [0.717, 1.165) is 5.82 Å². The van der Waals surface area contributed by atoms with Crippen molar-refractivity contribution >= 4 is 11.7 Å². The fraction of sp³-hybridized carbons (Fsp3) is 0.389. The van der Waals surface area contributed by atoms with Crippen LogP contribution in [0.4, 0.5) is 10.2 Å². The lowest BCUT2D eigenvalue weighted by atomic mass is 10.3. The third-order valence-electron chi connectivity index (χ3n) is 4.06. The summed E-state index contributed by atoms with van der Waals surface area (Å²) in [5, 5.41) is 8.18. The van der Waals surface area contributed by atoms with Crippen molar-refractivity contribution in [1.82, 2.24) is 15.1 Å². The van der Waals surface area contributed by atoms with Crippen molar-refractivity contribution in [3.8, 4) is 11.6 Å². The Hall–Kier alpha value is -2.90. The fourth-order valence-corrected chi connectivity index (χ4v) is 2.68. The second-order valence-electron chi connectivity index (χ2n) is 5.75. The van der Waals surface area contributed by atoms with Gasteiger partial charge in [-0.15, -0.1) is 10.2 Å². The van der Waals surface area contributed by atoms with Crippen LogP contribution in [0.5, 0.6) is 11.6 Å². The molecular formula is C18H21FN4O3. The molecule has 0 radical (unpaired) electrons. The van der Waals surface area contributed by atoms with Gasteiger partial charge in [0.2, 0.25) is 5.88 Å². The molecule has 0 spiro atoms. The quantitative estimate of drug-likeness (QED) is 0.782. The van der Waals surface area contributed by atoms with Crippen molar-refractivity contribution in [3.05, 3.63) is 42.2 Å². The number of nitrogens with zero attached hydrogens (tertiary/aromatic N) is 4. The van der Waals surface area contributed by atoms with Crippen molar-refractivity contribution in [2.75, 3.05) is 44.3 Å². The molecule has 0 atom stereocenters. The largest absolute Gasteiger partial charge is 0.481 e. The summed E-state index contributed by atoms with van der Waals surface area (Å²) >= 11 is 0. The average molecular weight is 360 g/mol. The molecule has 3 rings (SSSR count). The number of carbonyl (C=O) groups excluding carboxylic acids is 1. The number of hydrogen-bond acceptors (Lipinski definition) is 6. The molecule has 8 heteroatoms. The maximum Gasteiger partial charge on any atom is 0.260 e. The molecule has 0 bridgehead atoms. The standard InChI is InChI=1S/C18H21FN4O3/c1-2-25-17-8-7-16(20-21-17)22-9-11-23(12-10-22)18(24)13-26-15-6-4-3-5-14(15)19/h3-8H,2,9-13H2,1H3. The predicted octanol–water partition coefficient (Wildman–Crippen LogP) is 1.74. The fourth-order valence-electron chi connectivity index (χ4n) is 2.68. The second-order valence-corrected chi connectivity index (χ2v) is 5.75. The van der Waals surface area contributed by atoms with E-state index >= 15 is 0 Å². The summed E-state index contributed by atoms with van der Waals surface area (Å²) in [6.45, 7) is 4.65. The van der Waals surface area contributed by atoms with Crippen LogP contribution in [-0.2, 0) is 4.79 Å². The first-order valence-electron chi connectivity index (χ1n) is 8.54. The Balaban J connectivity index is 1.48. The number of benzene rings is 1.